The first-order chi connectivity index (χ1) is 9.55. The summed E-state index contributed by atoms with van der Waals surface area (Å²) in [4.78, 5) is 0. The van der Waals surface area contributed by atoms with Gasteiger partial charge < -0.3 is 9.73 Å². The van der Waals surface area contributed by atoms with E-state index in [1.807, 2.05) is 0 Å². The third-order valence-electron chi connectivity index (χ3n) is 3.99. The number of piperidine rings is 1. The summed E-state index contributed by atoms with van der Waals surface area (Å²) < 4.78 is 32.1. The average molecular weight is 298 g/mol. The first-order valence-electron chi connectivity index (χ1n) is 7.38. The van der Waals surface area contributed by atoms with Crippen LogP contribution in [-0.2, 0) is 16.6 Å². The highest BCUT2D eigenvalue weighted by molar-refractivity contribution is 7.89. The molecule has 3 rings (SSSR count). The fourth-order valence-corrected chi connectivity index (χ4v) is 4.14. The number of hydrogen-bond donors (Lipinski definition) is 1. The summed E-state index contributed by atoms with van der Waals surface area (Å²) in [5, 5.41) is 3.40. The lowest BCUT2D eigenvalue weighted by atomic mass is 10.0. The zero-order chi connectivity index (χ0) is 14.2. The summed E-state index contributed by atoms with van der Waals surface area (Å²) in [5.74, 6) is 1.12. The molecule has 20 heavy (non-hydrogen) atoms. The highest BCUT2D eigenvalue weighted by Gasteiger charge is 2.31. The van der Waals surface area contributed by atoms with Gasteiger partial charge in [0, 0.05) is 19.1 Å². The Morgan fingerprint density at radius 2 is 2.15 bits per heavy atom. The molecule has 0 aromatic carbocycles. The normalized spacial score (nSPS) is 24.9. The Hall–Kier alpha value is -0.850. The van der Waals surface area contributed by atoms with Crippen LogP contribution in [-0.4, -0.2) is 31.9 Å². The van der Waals surface area contributed by atoms with Crippen molar-refractivity contribution in [2.75, 3.05) is 13.1 Å². The van der Waals surface area contributed by atoms with E-state index in [2.05, 4.69) is 12.2 Å². The molecule has 2 fully saturated rings. The molecule has 2 aliphatic rings. The van der Waals surface area contributed by atoms with E-state index in [1.165, 1.54) is 12.8 Å². The molecule has 0 radical (unpaired) electrons. The molecule has 0 amide bonds. The van der Waals surface area contributed by atoms with Crippen molar-refractivity contribution >= 4 is 10.0 Å². The molecule has 5 nitrogen and oxygen atoms in total. The standard InChI is InChI=1S/C14H22N2O3S/c1-11-3-2-8-16(10-11)20(17,18)14-7-6-13(19-14)9-15-12-4-5-12/h6-7,11-12,15H,2-5,8-10H2,1H3. The van der Waals surface area contributed by atoms with E-state index in [0.29, 0.717) is 37.4 Å². The lowest BCUT2D eigenvalue weighted by Crippen LogP contribution is -2.38. The number of furan rings is 1. The quantitative estimate of drug-likeness (QED) is 0.902. The van der Waals surface area contributed by atoms with Crippen LogP contribution in [0.4, 0.5) is 0 Å². The lowest BCUT2D eigenvalue weighted by molar-refractivity contribution is 0.273. The highest BCUT2D eigenvalue weighted by Crippen LogP contribution is 2.25. The van der Waals surface area contributed by atoms with Gasteiger partial charge in [-0.25, -0.2) is 8.42 Å². The van der Waals surface area contributed by atoms with Crippen molar-refractivity contribution in [2.24, 2.45) is 5.92 Å². The number of nitrogens with one attached hydrogen (secondary N) is 1. The second kappa shape index (κ2) is 5.50. The Balaban J connectivity index is 1.69. The Bertz CT molecular complexity index is 563. The van der Waals surface area contributed by atoms with E-state index in [0.717, 1.165) is 12.8 Å². The third-order valence-corrected chi connectivity index (χ3v) is 5.73. The third kappa shape index (κ3) is 3.07. The van der Waals surface area contributed by atoms with Crippen LogP contribution in [0.2, 0.25) is 0 Å². The maximum Gasteiger partial charge on any atom is 0.276 e. The molecule has 0 spiro atoms. The van der Waals surface area contributed by atoms with Gasteiger partial charge in [-0.05, 0) is 43.7 Å². The van der Waals surface area contributed by atoms with Crippen LogP contribution < -0.4 is 5.32 Å². The Kier molecular flexibility index (Phi) is 3.88. The lowest BCUT2D eigenvalue weighted by Gasteiger charge is -2.29. The SMILES string of the molecule is CC1CCCN(S(=O)(=O)c2ccc(CNC3CC3)o2)C1. The van der Waals surface area contributed by atoms with Gasteiger partial charge in [0.05, 0.1) is 6.54 Å². The maximum absolute atomic E-state index is 12.5. The number of rotatable bonds is 5. The molecule has 1 atom stereocenters. The summed E-state index contributed by atoms with van der Waals surface area (Å²) in [6.07, 6.45) is 4.44. The van der Waals surface area contributed by atoms with Gasteiger partial charge in [0.2, 0.25) is 5.09 Å². The van der Waals surface area contributed by atoms with Gasteiger partial charge in [0.25, 0.3) is 10.0 Å². The van der Waals surface area contributed by atoms with Crippen LogP contribution >= 0.6 is 0 Å². The highest BCUT2D eigenvalue weighted by atomic mass is 32.2. The van der Waals surface area contributed by atoms with Crippen LogP contribution in [0.25, 0.3) is 0 Å². The molecular weight excluding hydrogens is 276 g/mol. The Morgan fingerprint density at radius 3 is 2.85 bits per heavy atom. The first kappa shape index (κ1) is 14.1. The van der Waals surface area contributed by atoms with Gasteiger partial charge in [-0.15, -0.1) is 0 Å². The second-order valence-electron chi connectivity index (χ2n) is 5.99. The van der Waals surface area contributed by atoms with Gasteiger partial charge in [0.15, 0.2) is 0 Å². The molecule has 1 aliphatic heterocycles. The second-order valence-corrected chi connectivity index (χ2v) is 7.86. The number of nitrogens with zero attached hydrogens (tertiary/aromatic N) is 1. The zero-order valence-electron chi connectivity index (χ0n) is 11.8. The molecule has 6 heteroatoms. The molecule has 1 saturated heterocycles. The van der Waals surface area contributed by atoms with Crippen molar-refractivity contribution in [1.82, 2.24) is 9.62 Å². The largest absolute Gasteiger partial charge is 0.447 e. The fourth-order valence-electron chi connectivity index (χ4n) is 2.62. The summed E-state index contributed by atoms with van der Waals surface area (Å²) in [6, 6.07) is 3.93. The van der Waals surface area contributed by atoms with Crippen LogP contribution in [0.15, 0.2) is 21.6 Å². The maximum atomic E-state index is 12.5. The molecule has 112 valence electrons. The first-order valence-corrected chi connectivity index (χ1v) is 8.82. The average Bonchev–Trinajstić information content (AvgIpc) is 3.12. The van der Waals surface area contributed by atoms with Crippen molar-refractivity contribution in [3.8, 4) is 0 Å². The molecule has 1 aromatic heterocycles. The minimum absolute atomic E-state index is 0.0826. The van der Waals surface area contributed by atoms with Crippen LogP contribution in [0.3, 0.4) is 0 Å². The Labute approximate surface area is 120 Å². The van der Waals surface area contributed by atoms with Gasteiger partial charge in [-0.2, -0.15) is 4.31 Å². The molecule has 2 heterocycles. The number of sulfonamides is 1. The van der Waals surface area contributed by atoms with Crippen molar-refractivity contribution in [3.63, 3.8) is 0 Å². The zero-order valence-corrected chi connectivity index (χ0v) is 12.7. The van der Waals surface area contributed by atoms with E-state index in [9.17, 15) is 8.42 Å². The minimum Gasteiger partial charge on any atom is -0.447 e. The molecule has 1 unspecified atom stereocenters. The molecular formula is C14H22N2O3S. The van der Waals surface area contributed by atoms with E-state index in [1.54, 1.807) is 16.4 Å². The van der Waals surface area contributed by atoms with E-state index in [-0.39, 0.29) is 5.09 Å². The monoisotopic (exact) mass is 298 g/mol. The predicted octanol–water partition coefficient (Wildman–Crippen LogP) is 1.95. The van der Waals surface area contributed by atoms with Gasteiger partial charge in [-0.1, -0.05) is 6.92 Å². The van der Waals surface area contributed by atoms with Crippen molar-refractivity contribution in [1.29, 1.82) is 0 Å². The summed E-state index contributed by atoms with van der Waals surface area (Å²) in [5.41, 5.74) is 0. The smallest absolute Gasteiger partial charge is 0.276 e. The van der Waals surface area contributed by atoms with Gasteiger partial charge in [0.1, 0.15) is 5.76 Å². The topological polar surface area (TPSA) is 62.6 Å². The summed E-state index contributed by atoms with van der Waals surface area (Å²) in [6.45, 7) is 3.90. The van der Waals surface area contributed by atoms with Crippen molar-refractivity contribution in [3.05, 3.63) is 17.9 Å². The molecule has 1 saturated carbocycles. The van der Waals surface area contributed by atoms with E-state index < -0.39 is 10.0 Å². The fraction of sp³-hybridized carbons (Fsp3) is 0.714. The summed E-state index contributed by atoms with van der Waals surface area (Å²) in [7, 11) is -3.46. The van der Waals surface area contributed by atoms with Gasteiger partial charge in [-0.3, -0.25) is 0 Å². The predicted molar refractivity (Wildman–Crippen MR) is 75.7 cm³/mol. The van der Waals surface area contributed by atoms with E-state index in [4.69, 9.17) is 4.42 Å². The molecule has 1 aromatic rings. The number of hydrogen-bond acceptors (Lipinski definition) is 4. The van der Waals surface area contributed by atoms with E-state index >= 15 is 0 Å². The van der Waals surface area contributed by atoms with Crippen LogP contribution in [0, 0.1) is 5.92 Å². The van der Waals surface area contributed by atoms with Crippen LogP contribution in [0.5, 0.6) is 0 Å². The van der Waals surface area contributed by atoms with Crippen molar-refractivity contribution in [2.45, 2.75) is 50.3 Å². The molecule has 0 bridgehead atoms. The van der Waals surface area contributed by atoms with Crippen molar-refractivity contribution < 1.29 is 12.8 Å². The Morgan fingerprint density at radius 1 is 1.35 bits per heavy atom. The molecule has 1 N–H and O–H groups in total. The minimum atomic E-state index is -3.46. The van der Waals surface area contributed by atoms with Gasteiger partial charge >= 0.3 is 0 Å². The molecule has 1 aliphatic carbocycles. The van der Waals surface area contributed by atoms with Crippen LogP contribution in [0.1, 0.15) is 38.4 Å². The summed E-state index contributed by atoms with van der Waals surface area (Å²) >= 11 is 0.